The monoisotopic (exact) mass is 427 g/mol. The highest BCUT2D eigenvalue weighted by Gasteiger charge is 2.24. The summed E-state index contributed by atoms with van der Waals surface area (Å²) in [5.41, 5.74) is 1.85. The number of aliphatic carboxylic acids is 1. The highest BCUT2D eigenvalue weighted by Crippen LogP contribution is 2.37. The van der Waals surface area contributed by atoms with E-state index in [0.29, 0.717) is 28.4 Å². The van der Waals surface area contributed by atoms with Gasteiger partial charge in [-0.25, -0.2) is 0 Å². The van der Waals surface area contributed by atoms with E-state index in [1.807, 2.05) is 24.3 Å². The molecule has 0 atom stereocenters. The van der Waals surface area contributed by atoms with Gasteiger partial charge in [-0.1, -0.05) is 49.2 Å². The summed E-state index contributed by atoms with van der Waals surface area (Å²) in [7, 11) is 0. The van der Waals surface area contributed by atoms with E-state index in [1.54, 1.807) is 0 Å². The van der Waals surface area contributed by atoms with Crippen LogP contribution in [0.15, 0.2) is 24.3 Å². The first-order valence-electron chi connectivity index (χ1n) is 11.0. The Morgan fingerprint density at radius 3 is 2.33 bits per heavy atom. The van der Waals surface area contributed by atoms with Crippen LogP contribution < -0.4 is 5.32 Å². The summed E-state index contributed by atoms with van der Waals surface area (Å²) < 4.78 is 0. The van der Waals surface area contributed by atoms with Gasteiger partial charge in [0.15, 0.2) is 0 Å². The number of carbonyl (C=O) groups is 2. The second-order valence-corrected chi connectivity index (χ2v) is 9.81. The van der Waals surface area contributed by atoms with Crippen LogP contribution in [0.4, 0.5) is 5.13 Å². The van der Waals surface area contributed by atoms with Crippen molar-refractivity contribution in [1.82, 2.24) is 10.2 Å². The molecule has 2 saturated carbocycles. The predicted molar refractivity (Wildman–Crippen MR) is 117 cm³/mol. The van der Waals surface area contributed by atoms with E-state index < -0.39 is 5.97 Å². The minimum Gasteiger partial charge on any atom is -0.481 e. The molecule has 1 amide bonds. The van der Waals surface area contributed by atoms with E-state index in [2.05, 4.69) is 15.5 Å². The molecule has 7 heteroatoms. The van der Waals surface area contributed by atoms with Crippen molar-refractivity contribution in [2.75, 3.05) is 5.32 Å². The van der Waals surface area contributed by atoms with Crippen LogP contribution in [0.5, 0.6) is 0 Å². The number of nitrogens with one attached hydrogen (secondary N) is 1. The molecule has 4 rings (SSSR count). The van der Waals surface area contributed by atoms with E-state index in [0.717, 1.165) is 37.1 Å². The molecule has 30 heavy (non-hydrogen) atoms. The summed E-state index contributed by atoms with van der Waals surface area (Å²) in [4.78, 5) is 23.5. The first kappa shape index (κ1) is 21.0. The summed E-state index contributed by atoms with van der Waals surface area (Å²) in [6.07, 6.45) is 10.4. The van der Waals surface area contributed by atoms with Crippen molar-refractivity contribution in [2.45, 2.75) is 70.1 Å². The number of nitrogens with zero attached hydrogens (tertiary/aromatic N) is 2. The third-order valence-corrected chi connectivity index (χ3v) is 7.44. The lowest BCUT2D eigenvalue weighted by molar-refractivity contribution is -0.138. The van der Waals surface area contributed by atoms with Gasteiger partial charge >= 0.3 is 5.97 Å². The molecule has 6 nitrogen and oxygen atoms in total. The number of hydrogen-bond donors (Lipinski definition) is 2. The molecule has 2 aliphatic carbocycles. The molecule has 2 aromatic rings. The Bertz CT molecular complexity index is 866. The fourth-order valence-corrected chi connectivity index (χ4v) is 5.72. The topological polar surface area (TPSA) is 92.2 Å². The number of amides is 1. The molecule has 1 heterocycles. The van der Waals surface area contributed by atoms with Gasteiger partial charge in [0.1, 0.15) is 5.01 Å². The number of carboxylic acids is 1. The maximum Gasteiger partial charge on any atom is 0.303 e. The van der Waals surface area contributed by atoms with Crippen molar-refractivity contribution in [3.63, 3.8) is 0 Å². The van der Waals surface area contributed by atoms with Gasteiger partial charge in [-0.2, -0.15) is 0 Å². The summed E-state index contributed by atoms with van der Waals surface area (Å²) in [5.74, 6) is 0.612. The Morgan fingerprint density at radius 1 is 0.967 bits per heavy atom. The van der Waals surface area contributed by atoms with E-state index in [4.69, 9.17) is 5.11 Å². The van der Waals surface area contributed by atoms with Gasteiger partial charge in [0, 0.05) is 18.4 Å². The zero-order chi connectivity index (χ0) is 20.9. The molecule has 0 spiro atoms. The van der Waals surface area contributed by atoms with E-state index in [-0.39, 0.29) is 12.3 Å². The molecule has 1 aromatic carbocycles. The molecule has 2 fully saturated rings. The Morgan fingerprint density at radius 2 is 1.67 bits per heavy atom. The number of hydrogen-bond acceptors (Lipinski definition) is 5. The molecule has 0 radical (unpaired) electrons. The maximum absolute atomic E-state index is 12.6. The van der Waals surface area contributed by atoms with Crippen LogP contribution >= 0.6 is 11.3 Å². The van der Waals surface area contributed by atoms with E-state index in [1.165, 1.54) is 42.6 Å². The lowest BCUT2D eigenvalue weighted by atomic mass is 9.77. The Kier molecular flexibility index (Phi) is 6.77. The highest BCUT2D eigenvalue weighted by atomic mass is 32.1. The first-order chi connectivity index (χ1) is 14.6. The predicted octanol–water partition coefficient (Wildman–Crippen LogP) is 5.27. The van der Waals surface area contributed by atoms with Crippen LogP contribution in [-0.4, -0.2) is 27.2 Å². The van der Waals surface area contributed by atoms with Crippen LogP contribution in [0.3, 0.4) is 0 Å². The fraction of sp³-hybridized carbons (Fsp3) is 0.565. The van der Waals surface area contributed by atoms with Gasteiger partial charge < -0.3 is 5.11 Å². The summed E-state index contributed by atoms with van der Waals surface area (Å²) in [6.45, 7) is 0. The lowest BCUT2D eigenvalue weighted by Crippen LogP contribution is -2.16. The minimum atomic E-state index is -0.699. The summed E-state index contributed by atoms with van der Waals surface area (Å²) in [5, 5.41) is 21.8. The third-order valence-electron chi connectivity index (χ3n) is 6.58. The summed E-state index contributed by atoms with van der Waals surface area (Å²) >= 11 is 1.48. The van der Waals surface area contributed by atoms with Gasteiger partial charge in [-0.05, 0) is 61.1 Å². The molecular formula is C23H29N3O3S. The highest BCUT2D eigenvalue weighted by molar-refractivity contribution is 7.15. The van der Waals surface area contributed by atoms with Gasteiger partial charge in [-0.3, -0.25) is 14.9 Å². The Hall–Kier alpha value is -2.28. The molecular weight excluding hydrogens is 398 g/mol. The van der Waals surface area contributed by atoms with Crippen molar-refractivity contribution in [1.29, 1.82) is 0 Å². The van der Waals surface area contributed by atoms with Crippen molar-refractivity contribution in [3.8, 4) is 0 Å². The molecule has 0 bridgehead atoms. The Balaban J connectivity index is 1.29. The average Bonchev–Trinajstić information content (AvgIpc) is 3.41. The minimum absolute atomic E-state index is 0.157. The van der Waals surface area contributed by atoms with Crippen molar-refractivity contribution < 1.29 is 14.7 Å². The standard InChI is InChI=1S/C23H29N3O3S/c27-21(28)14-16-5-7-17(8-6-16)18-9-11-19(12-10-18)22(29)24-23-26-25-20(30-23)13-15-3-1-2-4-15/h9-12,15-17H,1-8,13-14H2,(H,27,28)(H,24,26,29). The van der Waals surface area contributed by atoms with Crippen LogP contribution in [0.1, 0.15) is 84.6 Å². The average molecular weight is 428 g/mol. The number of anilines is 1. The molecule has 160 valence electrons. The van der Waals surface area contributed by atoms with Crippen molar-refractivity contribution in [3.05, 3.63) is 40.4 Å². The van der Waals surface area contributed by atoms with Gasteiger partial charge in [0.05, 0.1) is 0 Å². The van der Waals surface area contributed by atoms with Gasteiger partial charge in [0.2, 0.25) is 5.13 Å². The molecule has 1 aromatic heterocycles. The number of carboxylic acid groups (broad SMARTS) is 1. The normalized spacial score (nSPS) is 22.1. The van der Waals surface area contributed by atoms with Crippen molar-refractivity contribution >= 4 is 28.3 Å². The van der Waals surface area contributed by atoms with E-state index >= 15 is 0 Å². The SMILES string of the molecule is O=C(O)CC1CCC(c2ccc(C(=O)Nc3nnc(CC4CCCC4)s3)cc2)CC1. The zero-order valence-corrected chi connectivity index (χ0v) is 18.0. The third kappa shape index (κ3) is 5.45. The van der Waals surface area contributed by atoms with Crippen LogP contribution in [0.25, 0.3) is 0 Å². The first-order valence-corrected chi connectivity index (χ1v) is 11.8. The lowest BCUT2D eigenvalue weighted by Gasteiger charge is -2.28. The van der Waals surface area contributed by atoms with Gasteiger partial charge in [-0.15, -0.1) is 10.2 Å². The fourth-order valence-electron chi connectivity index (χ4n) is 4.87. The molecule has 2 N–H and O–H groups in total. The Labute approximate surface area is 181 Å². The maximum atomic E-state index is 12.6. The number of rotatable bonds is 7. The van der Waals surface area contributed by atoms with Gasteiger partial charge in [0.25, 0.3) is 5.91 Å². The van der Waals surface area contributed by atoms with E-state index in [9.17, 15) is 9.59 Å². The van der Waals surface area contributed by atoms with Crippen LogP contribution in [-0.2, 0) is 11.2 Å². The number of benzene rings is 1. The zero-order valence-electron chi connectivity index (χ0n) is 17.2. The quantitative estimate of drug-likeness (QED) is 0.628. The summed E-state index contributed by atoms with van der Waals surface area (Å²) in [6, 6.07) is 7.80. The number of aromatic nitrogens is 2. The second kappa shape index (κ2) is 9.69. The van der Waals surface area contributed by atoms with Crippen LogP contribution in [0, 0.1) is 11.8 Å². The number of carbonyl (C=O) groups excluding carboxylic acids is 1. The van der Waals surface area contributed by atoms with Crippen LogP contribution in [0.2, 0.25) is 0 Å². The molecule has 0 unspecified atom stereocenters. The van der Waals surface area contributed by atoms with Crippen molar-refractivity contribution in [2.24, 2.45) is 11.8 Å². The molecule has 0 aliphatic heterocycles. The molecule has 2 aliphatic rings. The second-order valence-electron chi connectivity index (χ2n) is 8.75. The molecule has 0 saturated heterocycles. The smallest absolute Gasteiger partial charge is 0.303 e. The largest absolute Gasteiger partial charge is 0.481 e.